The minimum absolute atomic E-state index is 0.433. The number of likely N-dealkylation sites (tertiary alicyclic amines) is 1. The van der Waals surface area contributed by atoms with Crippen LogP contribution in [0.25, 0.3) is 0 Å². The first kappa shape index (κ1) is 12.6. The Balaban J connectivity index is 2.27. The second kappa shape index (κ2) is 5.19. The third-order valence-corrected chi connectivity index (χ3v) is 3.94. The molecule has 1 fully saturated rings. The molecule has 0 spiro atoms. The van der Waals surface area contributed by atoms with Gasteiger partial charge in [0.1, 0.15) is 5.82 Å². The number of aromatic nitrogens is 2. The molecule has 1 unspecified atom stereocenters. The van der Waals surface area contributed by atoms with Crippen LogP contribution in [0.2, 0.25) is 0 Å². The third kappa shape index (κ3) is 2.38. The topological polar surface area (TPSA) is 33.1 Å². The second-order valence-corrected chi connectivity index (χ2v) is 5.01. The molecule has 0 aromatic carbocycles. The average molecular weight is 236 g/mol. The van der Waals surface area contributed by atoms with Gasteiger partial charge >= 0.3 is 0 Å². The van der Waals surface area contributed by atoms with E-state index in [9.17, 15) is 0 Å². The Bertz CT molecular complexity index is 377. The molecular weight excluding hydrogens is 212 g/mol. The van der Waals surface area contributed by atoms with Gasteiger partial charge in [-0.25, -0.2) is 4.98 Å². The maximum Gasteiger partial charge on any atom is 0.105 e. The molecule has 1 aromatic heterocycles. The predicted octanol–water partition coefficient (Wildman–Crippen LogP) is 1.39. The Labute approximate surface area is 104 Å². The Morgan fingerprint density at radius 2 is 1.94 bits per heavy atom. The average Bonchev–Trinajstić information content (AvgIpc) is 2.91. The van der Waals surface area contributed by atoms with Crippen molar-refractivity contribution >= 4 is 0 Å². The van der Waals surface area contributed by atoms with E-state index in [0.29, 0.717) is 6.04 Å². The van der Waals surface area contributed by atoms with Crippen LogP contribution in [0, 0.1) is 13.8 Å². The highest BCUT2D eigenvalue weighted by Crippen LogP contribution is 2.26. The van der Waals surface area contributed by atoms with Crippen LogP contribution < -0.4 is 5.32 Å². The molecule has 0 radical (unpaired) electrons. The van der Waals surface area contributed by atoms with Crippen molar-refractivity contribution in [1.29, 1.82) is 0 Å². The Hall–Kier alpha value is -0.870. The van der Waals surface area contributed by atoms with Gasteiger partial charge in [-0.2, -0.15) is 0 Å². The number of imidazole rings is 1. The summed E-state index contributed by atoms with van der Waals surface area (Å²) in [5.74, 6) is 1.11. The number of aryl methyl sites for hydroxylation is 1. The Morgan fingerprint density at radius 3 is 2.41 bits per heavy atom. The first-order chi connectivity index (χ1) is 8.15. The summed E-state index contributed by atoms with van der Waals surface area (Å²) in [5.41, 5.74) is 2.55. The summed E-state index contributed by atoms with van der Waals surface area (Å²) in [5, 5.41) is 3.31. The fraction of sp³-hybridized carbons (Fsp3) is 0.769. The van der Waals surface area contributed by atoms with E-state index in [1.165, 1.54) is 37.3 Å². The normalized spacial score (nSPS) is 18.8. The number of hydrogen-bond donors (Lipinski definition) is 1. The lowest BCUT2D eigenvalue weighted by molar-refractivity contribution is 0.237. The highest BCUT2D eigenvalue weighted by atomic mass is 15.2. The van der Waals surface area contributed by atoms with Crippen molar-refractivity contribution in [2.24, 2.45) is 7.05 Å². The summed E-state index contributed by atoms with van der Waals surface area (Å²) in [7, 11) is 4.12. The van der Waals surface area contributed by atoms with Crippen LogP contribution in [0.4, 0.5) is 0 Å². The molecule has 1 aliphatic rings. The predicted molar refractivity (Wildman–Crippen MR) is 70.2 cm³/mol. The highest BCUT2D eigenvalue weighted by molar-refractivity contribution is 5.19. The zero-order chi connectivity index (χ0) is 12.4. The molecular formula is C13H24N4. The monoisotopic (exact) mass is 236 g/mol. The molecule has 1 saturated heterocycles. The summed E-state index contributed by atoms with van der Waals surface area (Å²) in [6.45, 7) is 7.66. The Morgan fingerprint density at radius 1 is 1.29 bits per heavy atom. The summed E-state index contributed by atoms with van der Waals surface area (Å²) >= 11 is 0. The van der Waals surface area contributed by atoms with E-state index >= 15 is 0 Å². The summed E-state index contributed by atoms with van der Waals surface area (Å²) in [4.78, 5) is 7.32. The van der Waals surface area contributed by atoms with Crippen LogP contribution in [0.5, 0.6) is 0 Å². The van der Waals surface area contributed by atoms with Crippen molar-refractivity contribution in [3.8, 4) is 0 Å². The third-order valence-electron chi connectivity index (χ3n) is 3.94. The van der Waals surface area contributed by atoms with Gasteiger partial charge in [0, 0.05) is 19.3 Å². The van der Waals surface area contributed by atoms with E-state index in [1.807, 2.05) is 7.05 Å². The van der Waals surface area contributed by atoms with Gasteiger partial charge in [0.2, 0.25) is 0 Å². The van der Waals surface area contributed by atoms with Crippen molar-refractivity contribution in [3.05, 3.63) is 17.2 Å². The molecule has 96 valence electrons. The largest absolute Gasteiger partial charge is 0.335 e. The number of rotatable bonds is 4. The van der Waals surface area contributed by atoms with Crippen LogP contribution in [0.3, 0.4) is 0 Å². The van der Waals surface area contributed by atoms with Crippen LogP contribution >= 0.6 is 0 Å². The molecule has 4 heteroatoms. The second-order valence-electron chi connectivity index (χ2n) is 5.01. The molecule has 0 aliphatic carbocycles. The zero-order valence-electron chi connectivity index (χ0n) is 11.5. The number of hydrogen-bond acceptors (Lipinski definition) is 3. The fourth-order valence-corrected chi connectivity index (χ4v) is 2.71. The number of nitrogens with one attached hydrogen (secondary N) is 1. The molecule has 0 amide bonds. The van der Waals surface area contributed by atoms with Gasteiger partial charge in [-0.1, -0.05) is 0 Å². The van der Waals surface area contributed by atoms with Gasteiger partial charge < -0.3 is 9.88 Å². The summed E-state index contributed by atoms with van der Waals surface area (Å²) in [6.07, 6.45) is 2.65. The maximum absolute atomic E-state index is 4.75. The van der Waals surface area contributed by atoms with Crippen molar-refractivity contribution in [1.82, 2.24) is 19.8 Å². The van der Waals surface area contributed by atoms with Crippen LogP contribution in [0.1, 0.15) is 36.1 Å². The van der Waals surface area contributed by atoms with Crippen molar-refractivity contribution in [3.63, 3.8) is 0 Å². The van der Waals surface area contributed by atoms with Gasteiger partial charge in [-0.3, -0.25) is 4.90 Å². The molecule has 4 nitrogen and oxygen atoms in total. The van der Waals surface area contributed by atoms with Crippen molar-refractivity contribution in [2.45, 2.75) is 32.7 Å². The van der Waals surface area contributed by atoms with Crippen LogP contribution in [-0.2, 0) is 7.05 Å². The molecule has 1 aromatic rings. The Kier molecular flexibility index (Phi) is 3.84. The standard InChI is InChI=1S/C13H24N4/c1-10-13(15-11(2)16(10)4)12(9-14-3)17-7-5-6-8-17/h12,14H,5-9H2,1-4H3. The van der Waals surface area contributed by atoms with E-state index in [-0.39, 0.29) is 0 Å². The molecule has 17 heavy (non-hydrogen) atoms. The van der Waals surface area contributed by atoms with E-state index < -0.39 is 0 Å². The SMILES string of the molecule is CNCC(c1nc(C)n(C)c1C)N1CCCC1. The van der Waals surface area contributed by atoms with Gasteiger partial charge in [-0.05, 0) is 46.8 Å². The maximum atomic E-state index is 4.75. The van der Waals surface area contributed by atoms with Gasteiger partial charge in [0.15, 0.2) is 0 Å². The molecule has 2 rings (SSSR count). The first-order valence-corrected chi connectivity index (χ1v) is 6.53. The van der Waals surface area contributed by atoms with Crippen molar-refractivity contribution < 1.29 is 0 Å². The quantitative estimate of drug-likeness (QED) is 0.857. The van der Waals surface area contributed by atoms with Crippen LogP contribution in [-0.4, -0.2) is 41.1 Å². The lowest BCUT2D eigenvalue weighted by atomic mass is 10.1. The molecule has 0 saturated carbocycles. The van der Waals surface area contributed by atoms with E-state index in [1.54, 1.807) is 0 Å². The molecule has 1 atom stereocenters. The minimum Gasteiger partial charge on any atom is -0.335 e. The smallest absolute Gasteiger partial charge is 0.105 e. The van der Waals surface area contributed by atoms with Crippen molar-refractivity contribution in [2.75, 3.05) is 26.7 Å². The molecule has 1 N–H and O–H groups in total. The van der Waals surface area contributed by atoms with Gasteiger partial charge in [0.25, 0.3) is 0 Å². The van der Waals surface area contributed by atoms with Gasteiger partial charge in [0.05, 0.1) is 11.7 Å². The minimum atomic E-state index is 0.433. The summed E-state index contributed by atoms with van der Waals surface area (Å²) in [6, 6.07) is 0.433. The number of likely N-dealkylation sites (N-methyl/N-ethyl adjacent to an activating group) is 1. The molecule has 0 bridgehead atoms. The zero-order valence-corrected chi connectivity index (χ0v) is 11.5. The van der Waals surface area contributed by atoms with E-state index in [2.05, 4.69) is 35.7 Å². The first-order valence-electron chi connectivity index (χ1n) is 6.53. The van der Waals surface area contributed by atoms with E-state index in [4.69, 9.17) is 4.98 Å². The van der Waals surface area contributed by atoms with Crippen LogP contribution in [0.15, 0.2) is 0 Å². The summed E-state index contributed by atoms with van der Waals surface area (Å²) < 4.78 is 2.19. The highest BCUT2D eigenvalue weighted by Gasteiger charge is 2.26. The van der Waals surface area contributed by atoms with Gasteiger partial charge in [-0.15, -0.1) is 0 Å². The molecule has 1 aliphatic heterocycles. The van der Waals surface area contributed by atoms with E-state index in [0.717, 1.165) is 12.4 Å². The molecule has 2 heterocycles. The lowest BCUT2D eigenvalue weighted by Crippen LogP contribution is -2.33. The number of nitrogens with zero attached hydrogens (tertiary/aromatic N) is 3. The lowest BCUT2D eigenvalue weighted by Gasteiger charge is -2.26. The fourth-order valence-electron chi connectivity index (χ4n) is 2.71.